The third-order valence-electron chi connectivity index (χ3n) is 1.47. The molecule has 0 bridgehead atoms. The van der Waals surface area contributed by atoms with Crippen molar-refractivity contribution >= 4 is 12.4 Å². The van der Waals surface area contributed by atoms with Crippen LogP contribution in [0.1, 0.15) is 11.3 Å². The highest BCUT2D eigenvalue weighted by Crippen LogP contribution is 2.05. The first-order valence-corrected chi connectivity index (χ1v) is 3.51. The van der Waals surface area contributed by atoms with Gasteiger partial charge in [-0.1, -0.05) is 6.58 Å². The first-order valence-electron chi connectivity index (χ1n) is 3.51. The summed E-state index contributed by atoms with van der Waals surface area (Å²) in [6.45, 7) is 5.74. The quantitative estimate of drug-likeness (QED) is 0.570. The average Bonchev–Trinajstić information content (AvgIpc) is 2.32. The van der Waals surface area contributed by atoms with E-state index >= 15 is 0 Å². The highest BCUT2D eigenvalue weighted by atomic mass is 14.9. The van der Waals surface area contributed by atoms with E-state index in [-0.39, 0.29) is 0 Å². The van der Waals surface area contributed by atoms with Crippen molar-refractivity contribution in [3.63, 3.8) is 0 Å². The predicted molar refractivity (Wildman–Crippen MR) is 49.1 cm³/mol. The van der Waals surface area contributed by atoms with Crippen LogP contribution >= 0.6 is 0 Å². The van der Waals surface area contributed by atoms with E-state index in [1.807, 2.05) is 23.9 Å². The number of aliphatic imine (C=N–C) groups is 1. The van der Waals surface area contributed by atoms with Crippen molar-refractivity contribution in [3.8, 4) is 0 Å². The van der Waals surface area contributed by atoms with Crippen molar-refractivity contribution in [1.82, 2.24) is 4.57 Å². The fourth-order valence-corrected chi connectivity index (χ4v) is 1.03. The molecule has 0 fully saturated rings. The van der Waals surface area contributed by atoms with E-state index in [1.165, 1.54) is 5.56 Å². The van der Waals surface area contributed by atoms with Gasteiger partial charge in [0.05, 0.1) is 5.69 Å². The molecule has 0 saturated heterocycles. The van der Waals surface area contributed by atoms with E-state index < -0.39 is 0 Å². The molecule has 0 aliphatic heterocycles. The smallest absolute Gasteiger partial charge is 0.0631 e. The monoisotopic (exact) mass is 148 g/mol. The summed E-state index contributed by atoms with van der Waals surface area (Å²) in [4.78, 5) is 3.93. The summed E-state index contributed by atoms with van der Waals surface area (Å²) < 4.78 is 1.95. The SMILES string of the molecule is C=Cn1cc(C)cc1C=NC. The summed E-state index contributed by atoms with van der Waals surface area (Å²) in [5.41, 5.74) is 2.29. The molecule has 58 valence electrons. The molecular formula is C9H12N2. The molecule has 1 heterocycles. The summed E-state index contributed by atoms with van der Waals surface area (Å²) >= 11 is 0. The largest absolute Gasteiger partial charge is 0.323 e. The standard InChI is InChI=1S/C9H12N2/c1-4-11-7-8(2)5-9(11)6-10-3/h4-7H,1H2,2-3H3. The highest BCUT2D eigenvalue weighted by molar-refractivity contribution is 5.79. The number of hydrogen-bond acceptors (Lipinski definition) is 1. The maximum Gasteiger partial charge on any atom is 0.0631 e. The van der Waals surface area contributed by atoms with Gasteiger partial charge in [0.15, 0.2) is 0 Å². The Hall–Kier alpha value is -1.31. The van der Waals surface area contributed by atoms with Crippen LogP contribution in [0.2, 0.25) is 0 Å². The fraction of sp³-hybridized carbons (Fsp3) is 0.222. The minimum absolute atomic E-state index is 1.07. The normalized spacial score (nSPS) is 10.7. The number of aryl methyl sites for hydroxylation is 1. The zero-order chi connectivity index (χ0) is 8.27. The van der Waals surface area contributed by atoms with Crippen molar-refractivity contribution in [2.45, 2.75) is 6.92 Å². The van der Waals surface area contributed by atoms with Crippen LogP contribution in [0.25, 0.3) is 6.20 Å². The van der Waals surface area contributed by atoms with Gasteiger partial charge in [-0.05, 0) is 18.6 Å². The Morgan fingerprint density at radius 3 is 2.91 bits per heavy atom. The van der Waals surface area contributed by atoms with Crippen molar-refractivity contribution in [1.29, 1.82) is 0 Å². The Labute approximate surface area is 66.9 Å². The Morgan fingerprint density at radius 1 is 1.64 bits per heavy atom. The van der Waals surface area contributed by atoms with E-state index in [2.05, 4.69) is 17.6 Å². The van der Waals surface area contributed by atoms with Gasteiger partial charge in [-0.25, -0.2) is 0 Å². The molecule has 0 N–H and O–H groups in total. The van der Waals surface area contributed by atoms with Crippen LogP contribution in [0.15, 0.2) is 23.8 Å². The van der Waals surface area contributed by atoms with Gasteiger partial charge >= 0.3 is 0 Å². The molecule has 2 nitrogen and oxygen atoms in total. The van der Waals surface area contributed by atoms with Crippen LogP contribution in [0.5, 0.6) is 0 Å². The van der Waals surface area contributed by atoms with Crippen LogP contribution in [-0.2, 0) is 0 Å². The zero-order valence-corrected chi connectivity index (χ0v) is 6.91. The lowest BCUT2D eigenvalue weighted by molar-refractivity contribution is 1.15. The Kier molecular flexibility index (Phi) is 2.26. The molecule has 0 radical (unpaired) electrons. The first kappa shape index (κ1) is 7.79. The van der Waals surface area contributed by atoms with E-state index in [1.54, 1.807) is 13.2 Å². The number of rotatable bonds is 2. The third-order valence-corrected chi connectivity index (χ3v) is 1.47. The molecule has 0 saturated carbocycles. The van der Waals surface area contributed by atoms with E-state index in [9.17, 15) is 0 Å². The number of hydrogen-bond donors (Lipinski definition) is 0. The number of nitrogens with zero attached hydrogens (tertiary/aromatic N) is 2. The Balaban J connectivity index is 3.11. The van der Waals surface area contributed by atoms with Gasteiger partial charge in [0, 0.05) is 25.7 Å². The lowest BCUT2D eigenvalue weighted by atomic mass is 10.3. The molecule has 2 heteroatoms. The molecular weight excluding hydrogens is 136 g/mol. The van der Waals surface area contributed by atoms with Gasteiger partial charge in [0.2, 0.25) is 0 Å². The van der Waals surface area contributed by atoms with Gasteiger partial charge in [-0.2, -0.15) is 0 Å². The van der Waals surface area contributed by atoms with E-state index in [0.29, 0.717) is 0 Å². The van der Waals surface area contributed by atoms with E-state index in [4.69, 9.17) is 0 Å². The van der Waals surface area contributed by atoms with E-state index in [0.717, 1.165) is 5.69 Å². The second-order valence-corrected chi connectivity index (χ2v) is 2.42. The molecule has 0 aliphatic carbocycles. The second kappa shape index (κ2) is 3.19. The maximum atomic E-state index is 3.93. The molecule has 0 aromatic carbocycles. The van der Waals surface area contributed by atoms with Crippen molar-refractivity contribution < 1.29 is 0 Å². The van der Waals surface area contributed by atoms with Crippen LogP contribution < -0.4 is 0 Å². The summed E-state index contributed by atoms with van der Waals surface area (Å²) in [6.07, 6.45) is 5.60. The van der Waals surface area contributed by atoms with Gasteiger partial charge in [-0.15, -0.1) is 0 Å². The predicted octanol–water partition coefficient (Wildman–Crippen LogP) is 1.95. The summed E-state index contributed by atoms with van der Waals surface area (Å²) in [6, 6.07) is 2.06. The lowest BCUT2D eigenvalue weighted by Crippen LogP contribution is -1.89. The Bertz CT molecular complexity index is 282. The minimum atomic E-state index is 1.07. The Morgan fingerprint density at radius 2 is 2.36 bits per heavy atom. The highest BCUT2D eigenvalue weighted by Gasteiger charge is 1.95. The number of aromatic nitrogens is 1. The van der Waals surface area contributed by atoms with Crippen LogP contribution in [-0.4, -0.2) is 17.8 Å². The molecule has 1 aromatic rings. The maximum absolute atomic E-state index is 3.93. The topological polar surface area (TPSA) is 17.3 Å². The molecule has 1 aromatic heterocycles. The van der Waals surface area contributed by atoms with Crippen molar-refractivity contribution in [2.24, 2.45) is 4.99 Å². The molecule has 0 unspecified atom stereocenters. The molecule has 1 rings (SSSR count). The summed E-state index contributed by atoms with van der Waals surface area (Å²) in [7, 11) is 1.76. The van der Waals surface area contributed by atoms with Crippen molar-refractivity contribution in [3.05, 3.63) is 30.1 Å². The zero-order valence-electron chi connectivity index (χ0n) is 6.91. The molecule has 0 atom stereocenters. The van der Waals surface area contributed by atoms with Gasteiger partial charge in [0.25, 0.3) is 0 Å². The molecule has 11 heavy (non-hydrogen) atoms. The summed E-state index contributed by atoms with van der Waals surface area (Å²) in [5, 5.41) is 0. The van der Waals surface area contributed by atoms with Gasteiger partial charge < -0.3 is 4.57 Å². The molecule has 0 aliphatic rings. The van der Waals surface area contributed by atoms with Crippen LogP contribution in [0, 0.1) is 6.92 Å². The minimum Gasteiger partial charge on any atom is -0.323 e. The van der Waals surface area contributed by atoms with Gasteiger partial charge in [-0.3, -0.25) is 4.99 Å². The molecule has 0 amide bonds. The average molecular weight is 148 g/mol. The van der Waals surface area contributed by atoms with Crippen molar-refractivity contribution in [2.75, 3.05) is 7.05 Å². The van der Waals surface area contributed by atoms with Crippen LogP contribution in [0.4, 0.5) is 0 Å². The lowest BCUT2D eigenvalue weighted by Gasteiger charge is -1.94. The second-order valence-electron chi connectivity index (χ2n) is 2.42. The molecule has 0 spiro atoms. The van der Waals surface area contributed by atoms with Gasteiger partial charge in [0.1, 0.15) is 0 Å². The fourth-order valence-electron chi connectivity index (χ4n) is 1.03. The summed E-state index contributed by atoms with van der Waals surface area (Å²) in [5.74, 6) is 0. The van der Waals surface area contributed by atoms with Crippen LogP contribution in [0.3, 0.4) is 0 Å². The third kappa shape index (κ3) is 1.58. The first-order chi connectivity index (χ1) is 5.27.